The number of aromatic amines is 1. The number of fused-ring (bicyclic) bond motifs is 2. The Morgan fingerprint density at radius 2 is 1.92 bits per heavy atom. The molecular weight excluding hydrogens is 326 g/mol. The number of rotatable bonds is 2. The summed E-state index contributed by atoms with van der Waals surface area (Å²) in [5, 5.41) is 19.3. The van der Waals surface area contributed by atoms with Gasteiger partial charge in [-0.2, -0.15) is 0 Å². The van der Waals surface area contributed by atoms with Crippen molar-refractivity contribution in [3.05, 3.63) is 64.0 Å². The van der Waals surface area contributed by atoms with Crippen molar-refractivity contribution in [1.29, 1.82) is 0 Å². The lowest BCUT2D eigenvalue weighted by atomic mass is 9.96. The second-order valence-electron chi connectivity index (χ2n) is 6.27. The Bertz CT molecular complexity index is 1230. The highest BCUT2D eigenvalue weighted by molar-refractivity contribution is 5.84. The second-order valence-corrected chi connectivity index (χ2v) is 6.27. The normalized spacial score (nSPS) is 15.9. The molecule has 2 aromatic carbocycles. The first-order valence-electron chi connectivity index (χ1n) is 8.45. The molecule has 126 valence electrons. The molecule has 26 heavy (non-hydrogen) atoms. The van der Waals surface area contributed by atoms with E-state index in [9.17, 15) is 5.11 Å². The van der Waals surface area contributed by atoms with Gasteiger partial charge in [0.15, 0.2) is 5.48 Å². The minimum atomic E-state index is 0.285. The zero-order chi connectivity index (χ0) is 17.7. The maximum atomic E-state index is 9.72. The van der Waals surface area contributed by atoms with E-state index in [2.05, 4.69) is 38.2 Å². The van der Waals surface area contributed by atoms with E-state index in [1.54, 1.807) is 18.5 Å². The Hall–Kier alpha value is -3.54. The minimum Gasteiger partial charge on any atom is -0.508 e. The third-order valence-corrected chi connectivity index (χ3v) is 4.68. The second kappa shape index (κ2) is 5.49. The summed E-state index contributed by atoms with van der Waals surface area (Å²) in [5.74, 6) is 0.285. The predicted octanol–water partition coefficient (Wildman–Crippen LogP) is 2.77. The summed E-state index contributed by atoms with van der Waals surface area (Å²) in [7, 11) is 0. The summed E-state index contributed by atoms with van der Waals surface area (Å²) in [6, 6.07) is 11.6. The molecule has 3 heterocycles. The van der Waals surface area contributed by atoms with E-state index in [-0.39, 0.29) is 5.75 Å². The summed E-state index contributed by atoms with van der Waals surface area (Å²) < 4.78 is 0. The van der Waals surface area contributed by atoms with Crippen LogP contribution in [-0.4, -0.2) is 21.3 Å². The van der Waals surface area contributed by atoms with Crippen LogP contribution < -0.4 is 10.8 Å². The lowest BCUT2D eigenvalue weighted by Crippen LogP contribution is -2.13. The Morgan fingerprint density at radius 1 is 1.04 bits per heavy atom. The quantitative estimate of drug-likeness (QED) is 0.751. The van der Waals surface area contributed by atoms with Crippen molar-refractivity contribution in [3.63, 3.8) is 0 Å². The first kappa shape index (κ1) is 14.8. The average molecular weight is 341 g/mol. The maximum Gasteiger partial charge on any atom is 0.159 e. The number of azo groups is 1. The molecule has 0 spiro atoms. The number of aromatic nitrogens is 2. The number of aromatic hydroxyl groups is 1. The number of aliphatic imine (C=N–C) groups is 1. The number of aryl methyl sites for hydroxylation is 1. The van der Waals surface area contributed by atoms with Gasteiger partial charge in [0.2, 0.25) is 0 Å². The van der Waals surface area contributed by atoms with Crippen LogP contribution in [0.1, 0.15) is 23.7 Å². The van der Waals surface area contributed by atoms with Crippen LogP contribution in [0.15, 0.2) is 51.6 Å². The highest BCUT2D eigenvalue weighted by Gasteiger charge is 2.18. The number of phenolic OH excluding ortho intramolecular Hbond substituents is 1. The molecule has 0 bridgehead atoms. The fourth-order valence-corrected chi connectivity index (χ4v) is 3.36. The third kappa shape index (κ3) is 2.19. The molecule has 0 radical (unpaired) electrons. The van der Waals surface area contributed by atoms with Crippen LogP contribution in [0.4, 0.5) is 5.69 Å². The molecule has 0 amide bonds. The van der Waals surface area contributed by atoms with Crippen LogP contribution in [0, 0.1) is 0 Å². The van der Waals surface area contributed by atoms with Gasteiger partial charge >= 0.3 is 0 Å². The van der Waals surface area contributed by atoms with Gasteiger partial charge < -0.3 is 10.1 Å². The van der Waals surface area contributed by atoms with E-state index in [0.717, 1.165) is 51.1 Å². The van der Waals surface area contributed by atoms with Crippen molar-refractivity contribution in [2.75, 3.05) is 0 Å². The zero-order valence-electron chi connectivity index (χ0n) is 14.1. The molecule has 2 aliphatic heterocycles. The number of phenols is 1. The van der Waals surface area contributed by atoms with Gasteiger partial charge in [-0.3, -0.25) is 4.99 Å². The first-order valence-corrected chi connectivity index (χ1v) is 8.45. The third-order valence-electron chi connectivity index (χ3n) is 4.68. The molecule has 0 unspecified atom stereocenters. The average Bonchev–Trinajstić information content (AvgIpc) is 3.34. The van der Waals surface area contributed by atoms with E-state index in [4.69, 9.17) is 0 Å². The number of nitrogens with zero attached hydrogens (tertiary/aromatic N) is 4. The lowest BCUT2D eigenvalue weighted by molar-refractivity contribution is 0.474. The van der Waals surface area contributed by atoms with Gasteiger partial charge in [0.05, 0.1) is 23.5 Å². The standard InChI is InChI=1S/C20H15N5O/c1-2-11-7-13(26)4-6-14(11)12-3-5-15-16(8-12)24-25-19(15)20-22-17-9-21-10-18(17)23-20/h3-10,22,26H,2H2,1H3/b20-19+. The van der Waals surface area contributed by atoms with Crippen LogP contribution in [0.3, 0.4) is 0 Å². The summed E-state index contributed by atoms with van der Waals surface area (Å²) in [4.78, 5) is 11.8. The number of imidazole rings is 1. The van der Waals surface area contributed by atoms with Gasteiger partial charge in [0.1, 0.15) is 17.1 Å². The number of hydrogen-bond acceptors (Lipinski definition) is 5. The topological polar surface area (TPSA) is 86.0 Å². The van der Waals surface area contributed by atoms with Crippen molar-refractivity contribution < 1.29 is 5.11 Å². The van der Waals surface area contributed by atoms with Crippen molar-refractivity contribution in [2.24, 2.45) is 15.2 Å². The van der Waals surface area contributed by atoms with Crippen LogP contribution >= 0.6 is 0 Å². The maximum absolute atomic E-state index is 9.72. The fourth-order valence-electron chi connectivity index (χ4n) is 3.36. The molecule has 1 aromatic heterocycles. The monoisotopic (exact) mass is 341 g/mol. The van der Waals surface area contributed by atoms with Gasteiger partial charge in [0, 0.05) is 5.56 Å². The largest absolute Gasteiger partial charge is 0.508 e. The number of benzene rings is 2. The molecule has 2 aliphatic rings. The summed E-state index contributed by atoms with van der Waals surface area (Å²) in [6.45, 7) is 2.08. The Labute approximate surface area is 149 Å². The Balaban J connectivity index is 1.63. The van der Waals surface area contributed by atoms with Crippen molar-refractivity contribution in [1.82, 2.24) is 9.97 Å². The fraction of sp³-hybridized carbons (Fsp3) is 0.100. The van der Waals surface area contributed by atoms with E-state index in [1.807, 2.05) is 24.3 Å². The summed E-state index contributed by atoms with van der Waals surface area (Å²) in [6.07, 6.45) is 4.32. The van der Waals surface area contributed by atoms with Gasteiger partial charge in [-0.1, -0.05) is 19.1 Å². The lowest BCUT2D eigenvalue weighted by Gasteiger charge is -2.09. The minimum absolute atomic E-state index is 0.285. The Kier molecular flexibility index (Phi) is 3.12. The van der Waals surface area contributed by atoms with Crippen molar-refractivity contribution in [3.8, 4) is 16.9 Å². The highest BCUT2D eigenvalue weighted by Crippen LogP contribution is 2.37. The van der Waals surface area contributed by atoms with Gasteiger partial charge in [-0.05, 0) is 47.4 Å². The number of H-pyrrole nitrogens is 1. The molecular formula is C20H15N5O. The number of nitrogens with one attached hydrogen (secondary N) is 1. The molecule has 6 nitrogen and oxygen atoms in total. The van der Waals surface area contributed by atoms with E-state index in [0.29, 0.717) is 5.48 Å². The molecule has 0 fully saturated rings. The van der Waals surface area contributed by atoms with E-state index < -0.39 is 0 Å². The molecule has 3 aromatic rings. The Morgan fingerprint density at radius 3 is 2.77 bits per heavy atom. The molecule has 5 rings (SSSR count). The van der Waals surface area contributed by atoms with Gasteiger partial charge in [-0.15, -0.1) is 10.2 Å². The van der Waals surface area contributed by atoms with Gasteiger partial charge in [-0.25, -0.2) is 4.98 Å². The van der Waals surface area contributed by atoms with E-state index in [1.165, 1.54) is 0 Å². The molecule has 2 N–H and O–H groups in total. The molecule has 6 heteroatoms. The molecule has 0 aliphatic carbocycles. The summed E-state index contributed by atoms with van der Waals surface area (Å²) >= 11 is 0. The van der Waals surface area contributed by atoms with Crippen LogP contribution in [0.2, 0.25) is 0 Å². The van der Waals surface area contributed by atoms with Crippen molar-refractivity contribution in [2.45, 2.75) is 13.3 Å². The number of hydrogen-bond donors (Lipinski definition) is 2. The zero-order valence-corrected chi connectivity index (χ0v) is 14.1. The van der Waals surface area contributed by atoms with Crippen LogP contribution in [0.25, 0.3) is 23.0 Å². The van der Waals surface area contributed by atoms with Crippen LogP contribution in [-0.2, 0) is 6.42 Å². The van der Waals surface area contributed by atoms with Crippen molar-refractivity contribution >= 4 is 23.8 Å². The smallest absolute Gasteiger partial charge is 0.159 e. The predicted molar refractivity (Wildman–Crippen MR) is 99.8 cm³/mol. The van der Waals surface area contributed by atoms with Crippen LogP contribution in [0.5, 0.6) is 5.75 Å². The molecule has 0 saturated carbocycles. The molecule has 0 saturated heterocycles. The first-order chi connectivity index (χ1) is 12.7. The van der Waals surface area contributed by atoms with Gasteiger partial charge in [0.25, 0.3) is 0 Å². The summed E-state index contributed by atoms with van der Waals surface area (Å²) in [5.41, 5.74) is 7.29. The van der Waals surface area contributed by atoms with E-state index >= 15 is 0 Å². The molecule has 0 atom stereocenters. The SMILES string of the molecule is CCc1cc(O)ccc1-c1ccc2c(c1)N=N/C2=c1/nc2c([nH]1)=CN=C2. The highest BCUT2D eigenvalue weighted by atomic mass is 16.3.